The Kier molecular flexibility index (Phi) is 4.03. The van der Waals surface area contributed by atoms with Crippen LogP contribution < -0.4 is 10.2 Å². The molecule has 1 atom stereocenters. The molecule has 2 aliphatic rings. The van der Waals surface area contributed by atoms with Gasteiger partial charge in [0.1, 0.15) is 17.3 Å². The molecule has 0 radical (unpaired) electrons. The Hall–Kier alpha value is -1.70. The molecule has 8 heteroatoms. The molecule has 0 aliphatic carbocycles. The maximum atomic E-state index is 12.3. The Labute approximate surface area is 130 Å². The fourth-order valence-electron chi connectivity index (χ4n) is 2.94. The van der Waals surface area contributed by atoms with Gasteiger partial charge >= 0.3 is 0 Å². The van der Waals surface area contributed by atoms with E-state index < -0.39 is 9.84 Å². The molecule has 0 bridgehead atoms. The first-order valence-electron chi connectivity index (χ1n) is 7.55. The van der Waals surface area contributed by atoms with Crippen LogP contribution in [0.2, 0.25) is 0 Å². The maximum absolute atomic E-state index is 12.3. The van der Waals surface area contributed by atoms with Gasteiger partial charge in [0.15, 0.2) is 9.84 Å². The van der Waals surface area contributed by atoms with Gasteiger partial charge in [-0.25, -0.2) is 18.4 Å². The maximum Gasteiger partial charge on any atom is 0.270 e. The van der Waals surface area contributed by atoms with Gasteiger partial charge in [-0.05, 0) is 26.2 Å². The van der Waals surface area contributed by atoms with Crippen LogP contribution in [0.5, 0.6) is 0 Å². The molecule has 1 aromatic rings. The third-order valence-electron chi connectivity index (χ3n) is 4.05. The lowest BCUT2D eigenvalue weighted by atomic mass is 10.2. The summed E-state index contributed by atoms with van der Waals surface area (Å²) in [6.45, 7) is 3.65. The average Bonchev–Trinajstić information content (AvgIpc) is 3.08. The van der Waals surface area contributed by atoms with Gasteiger partial charge in [-0.3, -0.25) is 4.79 Å². The summed E-state index contributed by atoms with van der Waals surface area (Å²) in [5, 5.41) is 2.77. The van der Waals surface area contributed by atoms with Crippen molar-refractivity contribution in [1.29, 1.82) is 0 Å². The quantitative estimate of drug-likeness (QED) is 0.860. The minimum absolute atomic E-state index is 0.0157. The van der Waals surface area contributed by atoms with Gasteiger partial charge in [0.05, 0.1) is 11.5 Å². The lowest BCUT2D eigenvalue weighted by Crippen LogP contribution is -2.36. The molecule has 1 amide bonds. The summed E-state index contributed by atoms with van der Waals surface area (Å²) in [5.74, 6) is 1.15. The summed E-state index contributed by atoms with van der Waals surface area (Å²) in [4.78, 5) is 23.0. The number of rotatable bonds is 3. The van der Waals surface area contributed by atoms with E-state index in [0.29, 0.717) is 17.9 Å². The van der Waals surface area contributed by atoms with Crippen LogP contribution in [0.25, 0.3) is 0 Å². The van der Waals surface area contributed by atoms with Gasteiger partial charge in [-0.2, -0.15) is 0 Å². The first-order valence-corrected chi connectivity index (χ1v) is 9.37. The molecule has 2 fully saturated rings. The van der Waals surface area contributed by atoms with E-state index in [1.54, 1.807) is 13.0 Å². The Morgan fingerprint density at radius 3 is 2.68 bits per heavy atom. The largest absolute Gasteiger partial charge is 0.356 e. The number of aryl methyl sites for hydroxylation is 1. The molecule has 1 N–H and O–H groups in total. The van der Waals surface area contributed by atoms with E-state index in [0.717, 1.165) is 31.7 Å². The van der Waals surface area contributed by atoms with Gasteiger partial charge in [0, 0.05) is 25.2 Å². The monoisotopic (exact) mass is 324 g/mol. The molecular formula is C14H20N4O3S. The third kappa shape index (κ3) is 3.37. The van der Waals surface area contributed by atoms with Gasteiger partial charge in [0.2, 0.25) is 0 Å². The van der Waals surface area contributed by atoms with E-state index in [1.807, 2.05) is 0 Å². The number of amides is 1. The fourth-order valence-corrected chi connectivity index (χ4v) is 4.62. The minimum atomic E-state index is -3.01. The van der Waals surface area contributed by atoms with Crippen LogP contribution >= 0.6 is 0 Å². The Morgan fingerprint density at radius 2 is 2.05 bits per heavy atom. The van der Waals surface area contributed by atoms with Crippen molar-refractivity contribution in [3.8, 4) is 0 Å². The van der Waals surface area contributed by atoms with Crippen molar-refractivity contribution in [3.05, 3.63) is 17.6 Å². The van der Waals surface area contributed by atoms with Crippen LogP contribution in [-0.4, -0.2) is 54.9 Å². The van der Waals surface area contributed by atoms with Gasteiger partial charge in [0.25, 0.3) is 5.91 Å². The number of hydrogen-bond donors (Lipinski definition) is 1. The standard InChI is InChI=1S/C14H20N4O3S/c1-10-15-12(8-13(16-10)18-5-2-3-6-18)14(19)17-11-4-7-22(20,21)9-11/h8,11H,2-7,9H2,1H3,(H,17,19). The molecule has 3 heterocycles. The van der Waals surface area contributed by atoms with Crippen LogP contribution in [0.1, 0.15) is 35.6 Å². The number of aromatic nitrogens is 2. The summed E-state index contributed by atoms with van der Waals surface area (Å²) in [5.41, 5.74) is 0.304. The van der Waals surface area contributed by atoms with Crippen molar-refractivity contribution in [1.82, 2.24) is 15.3 Å². The summed E-state index contributed by atoms with van der Waals surface area (Å²) in [7, 11) is -3.01. The normalized spacial score (nSPS) is 23.7. The minimum Gasteiger partial charge on any atom is -0.356 e. The number of nitrogens with one attached hydrogen (secondary N) is 1. The molecule has 120 valence electrons. The molecule has 2 saturated heterocycles. The van der Waals surface area contributed by atoms with Crippen molar-refractivity contribution >= 4 is 21.6 Å². The summed E-state index contributed by atoms with van der Waals surface area (Å²) in [6, 6.07) is 1.37. The summed E-state index contributed by atoms with van der Waals surface area (Å²) in [6.07, 6.45) is 2.73. The number of carbonyl (C=O) groups is 1. The van der Waals surface area contributed by atoms with Crippen LogP contribution in [0.15, 0.2) is 6.07 Å². The van der Waals surface area contributed by atoms with Crippen LogP contribution in [-0.2, 0) is 9.84 Å². The average molecular weight is 324 g/mol. The van der Waals surface area contributed by atoms with E-state index in [4.69, 9.17) is 0 Å². The highest BCUT2D eigenvalue weighted by atomic mass is 32.2. The second-order valence-electron chi connectivity index (χ2n) is 5.93. The van der Waals surface area contributed by atoms with E-state index in [2.05, 4.69) is 20.2 Å². The van der Waals surface area contributed by atoms with Crippen LogP contribution in [0.4, 0.5) is 5.82 Å². The summed E-state index contributed by atoms with van der Waals surface area (Å²) >= 11 is 0. The highest BCUT2D eigenvalue weighted by Gasteiger charge is 2.29. The lowest BCUT2D eigenvalue weighted by molar-refractivity contribution is 0.0935. The predicted octanol–water partition coefficient (Wildman–Crippen LogP) is 0.302. The van der Waals surface area contributed by atoms with E-state index >= 15 is 0 Å². The SMILES string of the molecule is Cc1nc(C(=O)NC2CCS(=O)(=O)C2)cc(N2CCCC2)n1. The zero-order chi connectivity index (χ0) is 15.7. The molecule has 7 nitrogen and oxygen atoms in total. The van der Waals surface area contributed by atoms with Gasteiger partial charge < -0.3 is 10.2 Å². The number of nitrogens with zero attached hydrogens (tertiary/aromatic N) is 3. The van der Waals surface area contributed by atoms with Crippen molar-refractivity contribution in [3.63, 3.8) is 0 Å². The Morgan fingerprint density at radius 1 is 1.32 bits per heavy atom. The fraction of sp³-hybridized carbons (Fsp3) is 0.643. The zero-order valence-electron chi connectivity index (χ0n) is 12.6. The van der Waals surface area contributed by atoms with E-state index in [-0.39, 0.29) is 23.5 Å². The van der Waals surface area contributed by atoms with Crippen molar-refractivity contribution in [2.75, 3.05) is 29.5 Å². The van der Waals surface area contributed by atoms with E-state index in [9.17, 15) is 13.2 Å². The van der Waals surface area contributed by atoms with Crippen LogP contribution in [0, 0.1) is 6.92 Å². The molecule has 1 aromatic heterocycles. The number of anilines is 1. The first-order chi connectivity index (χ1) is 10.4. The number of sulfone groups is 1. The van der Waals surface area contributed by atoms with E-state index in [1.165, 1.54) is 0 Å². The molecular weight excluding hydrogens is 304 g/mol. The lowest BCUT2D eigenvalue weighted by Gasteiger charge is -2.18. The molecule has 0 spiro atoms. The van der Waals surface area contributed by atoms with Crippen molar-refractivity contribution < 1.29 is 13.2 Å². The zero-order valence-corrected chi connectivity index (χ0v) is 13.4. The second-order valence-corrected chi connectivity index (χ2v) is 8.15. The number of carbonyl (C=O) groups excluding carboxylic acids is 1. The smallest absolute Gasteiger partial charge is 0.270 e. The Bertz CT molecular complexity index is 683. The molecule has 0 aromatic carbocycles. The highest BCUT2D eigenvalue weighted by Crippen LogP contribution is 2.19. The molecule has 3 rings (SSSR count). The first kappa shape index (κ1) is 15.2. The highest BCUT2D eigenvalue weighted by molar-refractivity contribution is 7.91. The predicted molar refractivity (Wildman–Crippen MR) is 82.7 cm³/mol. The summed E-state index contributed by atoms with van der Waals surface area (Å²) < 4.78 is 22.9. The van der Waals surface area contributed by atoms with Gasteiger partial charge in [-0.15, -0.1) is 0 Å². The molecule has 2 aliphatic heterocycles. The molecule has 22 heavy (non-hydrogen) atoms. The van der Waals surface area contributed by atoms with Gasteiger partial charge in [-0.1, -0.05) is 0 Å². The van der Waals surface area contributed by atoms with Crippen molar-refractivity contribution in [2.45, 2.75) is 32.2 Å². The third-order valence-corrected chi connectivity index (χ3v) is 5.82. The Balaban J connectivity index is 1.74. The molecule has 0 saturated carbocycles. The van der Waals surface area contributed by atoms with Crippen molar-refractivity contribution in [2.24, 2.45) is 0 Å². The second kappa shape index (κ2) is 5.83. The van der Waals surface area contributed by atoms with Crippen LogP contribution in [0.3, 0.4) is 0 Å². The topological polar surface area (TPSA) is 92.3 Å². The molecule has 1 unspecified atom stereocenters. The number of hydrogen-bond acceptors (Lipinski definition) is 6.